The number of fused-ring (bicyclic) bond motifs is 3. The first kappa shape index (κ1) is 15.8. The highest BCUT2D eigenvalue weighted by Gasteiger charge is 2.34. The van der Waals surface area contributed by atoms with Gasteiger partial charge in [-0.25, -0.2) is 0 Å². The summed E-state index contributed by atoms with van der Waals surface area (Å²) < 4.78 is 0. The van der Waals surface area contributed by atoms with E-state index in [0.717, 1.165) is 31.1 Å². The topological polar surface area (TPSA) is 73.3 Å². The molecule has 0 bridgehead atoms. The molecular weight excluding hydrogens is 314 g/mol. The number of aromatic nitrogens is 2. The van der Waals surface area contributed by atoms with Crippen molar-refractivity contribution >= 4 is 23.9 Å². The third-order valence-corrected chi connectivity index (χ3v) is 4.49. The number of nitrogens with one attached hydrogen (secondary N) is 2. The average molecular weight is 334 g/mol. The molecule has 7 heteroatoms. The minimum atomic E-state index is 0. The lowest BCUT2D eigenvalue weighted by atomic mass is 10.0. The van der Waals surface area contributed by atoms with Gasteiger partial charge in [-0.1, -0.05) is 12.1 Å². The van der Waals surface area contributed by atoms with Crippen molar-refractivity contribution in [3.63, 3.8) is 0 Å². The zero-order valence-corrected chi connectivity index (χ0v) is 13.7. The van der Waals surface area contributed by atoms with E-state index >= 15 is 0 Å². The number of hydrogen-bond acceptors (Lipinski definition) is 6. The van der Waals surface area contributed by atoms with E-state index < -0.39 is 0 Å². The van der Waals surface area contributed by atoms with Crippen molar-refractivity contribution in [1.29, 1.82) is 0 Å². The Morgan fingerprint density at radius 1 is 1.26 bits per heavy atom. The lowest BCUT2D eigenvalue weighted by molar-refractivity contribution is 0.432. The van der Waals surface area contributed by atoms with Crippen molar-refractivity contribution < 1.29 is 5.11 Å². The molecule has 23 heavy (non-hydrogen) atoms. The van der Waals surface area contributed by atoms with Crippen LogP contribution in [0.2, 0.25) is 0 Å². The molecule has 6 nitrogen and oxygen atoms in total. The van der Waals surface area contributed by atoms with Crippen LogP contribution in [0.1, 0.15) is 6.92 Å². The van der Waals surface area contributed by atoms with Gasteiger partial charge in [-0.3, -0.25) is 0 Å². The standard InChI is InChI=1S/C16H19N5O.ClH/c1-10-14-9-17-6-7-21(14)13-8-12(19-20-16(13)18-10)11-4-2-3-5-15(11)22;/h2-5,8,10,14,17,22H,6-7,9H2,1H3,(H,18,20);1H/t10-,14-;/m1./s1. The van der Waals surface area contributed by atoms with Crippen LogP contribution in [0.5, 0.6) is 5.75 Å². The summed E-state index contributed by atoms with van der Waals surface area (Å²) in [7, 11) is 0. The van der Waals surface area contributed by atoms with Crippen molar-refractivity contribution in [3.05, 3.63) is 30.3 Å². The molecule has 3 N–H and O–H groups in total. The first-order valence-electron chi connectivity index (χ1n) is 7.64. The van der Waals surface area contributed by atoms with Gasteiger partial charge in [-0.05, 0) is 25.1 Å². The second-order valence-electron chi connectivity index (χ2n) is 5.88. The van der Waals surface area contributed by atoms with Crippen LogP contribution in [0, 0.1) is 0 Å². The molecule has 2 atom stereocenters. The average Bonchev–Trinajstić information content (AvgIpc) is 2.56. The normalized spacial score (nSPS) is 22.4. The van der Waals surface area contributed by atoms with Crippen LogP contribution in [-0.2, 0) is 0 Å². The molecule has 0 unspecified atom stereocenters. The lowest BCUT2D eigenvalue weighted by Crippen LogP contribution is -2.60. The summed E-state index contributed by atoms with van der Waals surface area (Å²) in [5, 5.41) is 25.5. The maximum absolute atomic E-state index is 10.0. The number of halogens is 1. The van der Waals surface area contributed by atoms with Gasteiger partial charge in [0.15, 0.2) is 5.82 Å². The molecule has 2 aliphatic rings. The summed E-state index contributed by atoms with van der Waals surface area (Å²) in [6.07, 6.45) is 0. The first-order chi connectivity index (χ1) is 10.7. The third-order valence-electron chi connectivity index (χ3n) is 4.49. The SMILES string of the molecule is C[C@H]1Nc2nnc(-c3ccccc3O)cc2N2CCNC[C@H]12.Cl. The fraction of sp³-hybridized carbons (Fsp3) is 0.375. The fourth-order valence-electron chi connectivity index (χ4n) is 3.31. The summed E-state index contributed by atoms with van der Waals surface area (Å²) in [6.45, 7) is 5.06. The van der Waals surface area contributed by atoms with E-state index in [2.05, 4.69) is 32.7 Å². The molecule has 3 heterocycles. The van der Waals surface area contributed by atoms with Crippen LogP contribution >= 0.6 is 12.4 Å². The molecular formula is C16H20ClN5O. The van der Waals surface area contributed by atoms with Gasteiger partial charge in [-0.2, -0.15) is 0 Å². The minimum absolute atomic E-state index is 0. The number of benzene rings is 1. The predicted molar refractivity (Wildman–Crippen MR) is 93.5 cm³/mol. The Labute approximate surface area is 141 Å². The minimum Gasteiger partial charge on any atom is -0.507 e. The first-order valence-corrected chi connectivity index (χ1v) is 7.64. The smallest absolute Gasteiger partial charge is 0.172 e. The van der Waals surface area contributed by atoms with Gasteiger partial charge in [0.1, 0.15) is 5.75 Å². The second-order valence-corrected chi connectivity index (χ2v) is 5.88. The van der Waals surface area contributed by atoms with Crippen LogP contribution in [0.4, 0.5) is 11.5 Å². The molecule has 0 aliphatic carbocycles. The highest BCUT2D eigenvalue weighted by Crippen LogP contribution is 2.36. The van der Waals surface area contributed by atoms with E-state index in [-0.39, 0.29) is 18.2 Å². The number of phenolic OH excluding ortho intramolecular Hbond substituents is 1. The summed E-state index contributed by atoms with van der Waals surface area (Å²) in [4.78, 5) is 2.39. The second kappa shape index (κ2) is 6.22. The van der Waals surface area contributed by atoms with Gasteiger partial charge in [0.2, 0.25) is 0 Å². The number of hydrogen-bond donors (Lipinski definition) is 3. The van der Waals surface area contributed by atoms with Gasteiger partial charge in [0.05, 0.1) is 17.4 Å². The lowest BCUT2D eigenvalue weighted by Gasteiger charge is -2.45. The number of anilines is 2. The molecule has 2 aromatic rings. The number of aromatic hydroxyl groups is 1. The van der Waals surface area contributed by atoms with Crippen LogP contribution in [0.3, 0.4) is 0 Å². The quantitative estimate of drug-likeness (QED) is 0.740. The number of para-hydroxylation sites is 1. The molecule has 1 aromatic heterocycles. The Morgan fingerprint density at radius 2 is 2.09 bits per heavy atom. The van der Waals surface area contributed by atoms with Crippen LogP contribution in [0.25, 0.3) is 11.3 Å². The molecule has 0 radical (unpaired) electrons. The van der Waals surface area contributed by atoms with Crippen molar-refractivity contribution in [2.24, 2.45) is 0 Å². The van der Waals surface area contributed by atoms with Crippen molar-refractivity contribution in [3.8, 4) is 17.0 Å². The third kappa shape index (κ3) is 2.68. The largest absolute Gasteiger partial charge is 0.507 e. The van der Waals surface area contributed by atoms with E-state index in [0.29, 0.717) is 23.3 Å². The summed E-state index contributed by atoms with van der Waals surface area (Å²) in [6, 6.07) is 9.98. The maximum atomic E-state index is 10.0. The Morgan fingerprint density at radius 3 is 2.91 bits per heavy atom. The van der Waals surface area contributed by atoms with Crippen LogP contribution < -0.4 is 15.5 Å². The zero-order valence-electron chi connectivity index (χ0n) is 12.9. The molecule has 1 saturated heterocycles. The molecule has 4 rings (SSSR count). The summed E-state index contributed by atoms with van der Waals surface area (Å²) in [5.74, 6) is 1.05. The molecule has 0 amide bonds. The van der Waals surface area contributed by atoms with Gasteiger partial charge in [-0.15, -0.1) is 22.6 Å². The maximum Gasteiger partial charge on any atom is 0.172 e. The molecule has 2 aliphatic heterocycles. The van der Waals surface area contributed by atoms with Crippen molar-refractivity contribution in [2.45, 2.75) is 19.0 Å². The Bertz CT molecular complexity index is 711. The zero-order chi connectivity index (χ0) is 15.1. The van der Waals surface area contributed by atoms with Gasteiger partial charge in [0.25, 0.3) is 0 Å². The van der Waals surface area contributed by atoms with Crippen LogP contribution in [0.15, 0.2) is 30.3 Å². The fourth-order valence-corrected chi connectivity index (χ4v) is 3.31. The molecule has 0 spiro atoms. The van der Waals surface area contributed by atoms with Gasteiger partial charge in [0, 0.05) is 31.2 Å². The van der Waals surface area contributed by atoms with E-state index in [1.54, 1.807) is 12.1 Å². The monoisotopic (exact) mass is 333 g/mol. The van der Waals surface area contributed by atoms with Crippen LogP contribution in [-0.4, -0.2) is 47.0 Å². The Kier molecular flexibility index (Phi) is 4.28. The number of piperazine rings is 1. The molecule has 1 aromatic carbocycles. The van der Waals surface area contributed by atoms with E-state index in [9.17, 15) is 5.11 Å². The highest BCUT2D eigenvalue weighted by molar-refractivity contribution is 5.85. The van der Waals surface area contributed by atoms with E-state index in [1.165, 1.54) is 0 Å². The number of phenols is 1. The summed E-state index contributed by atoms with van der Waals surface area (Å²) in [5.41, 5.74) is 2.48. The summed E-state index contributed by atoms with van der Waals surface area (Å²) >= 11 is 0. The number of nitrogens with zero attached hydrogens (tertiary/aromatic N) is 3. The van der Waals surface area contributed by atoms with E-state index in [4.69, 9.17) is 0 Å². The Hall–Kier alpha value is -2.05. The van der Waals surface area contributed by atoms with Gasteiger partial charge >= 0.3 is 0 Å². The molecule has 1 fully saturated rings. The van der Waals surface area contributed by atoms with Crippen molar-refractivity contribution in [2.75, 3.05) is 29.9 Å². The van der Waals surface area contributed by atoms with Crippen molar-refractivity contribution in [1.82, 2.24) is 15.5 Å². The molecule has 122 valence electrons. The highest BCUT2D eigenvalue weighted by atomic mass is 35.5. The number of rotatable bonds is 1. The van der Waals surface area contributed by atoms with E-state index in [1.807, 2.05) is 18.2 Å². The predicted octanol–water partition coefficient (Wildman–Crippen LogP) is 1.86. The Balaban J connectivity index is 0.00000156. The van der Waals surface area contributed by atoms with Gasteiger partial charge < -0.3 is 20.6 Å². The molecule has 0 saturated carbocycles.